The van der Waals surface area contributed by atoms with Gasteiger partial charge in [-0.15, -0.1) is 0 Å². The SMILES string of the molecule is COCc1ccccc1NC(=O)C1COCCN1. The zero-order chi connectivity index (χ0) is 12.8. The Morgan fingerprint density at radius 1 is 1.56 bits per heavy atom. The highest BCUT2D eigenvalue weighted by Gasteiger charge is 2.21. The van der Waals surface area contributed by atoms with Crippen LogP contribution >= 0.6 is 0 Å². The van der Waals surface area contributed by atoms with Gasteiger partial charge in [-0.1, -0.05) is 18.2 Å². The molecule has 1 aromatic rings. The Morgan fingerprint density at radius 2 is 2.39 bits per heavy atom. The smallest absolute Gasteiger partial charge is 0.243 e. The van der Waals surface area contributed by atoms with Crippen molar-refractivity contribution in [3.05, 3.63) is 29.8 Å². The second-order valence-electron chi connectivity index (χ2n) is 4.16. The number of carbonyl (C=O) groups is 1. The highest BCUT2D eigenvalue weighted by molar-refractivity contribution is 5.95. The molecule has 5 nitrogen and oxygen atoms in total. The number of ether oxygens (including phenoxy) is 2. The molecule has 0 aliphatic carbocycles. The number of benzene rings is 1. The molecule has 1 atom stereocenters. The number of para-hydroxylation sites is 1. The van der Waals surface area contributed by atoms with Crippen molar-refractivity contribution in [2.24, 2.45) is 0 Å². The third kappa shape index (κ3) is 3.29. The second kappa shape index (κ2) is 6.49. The van der Waals surface area contributed by atoms with Gasteiger partial charge in [0.05, 0.1) is 19.8 Å². The minimum atomic E-state index is -0.283. The summed E-state index contributed by atoms with van der Waals surface area (Å²) < 4.78 is 10.4. The average molecular weight is 250 g/mol. The van der Waals surface area contributed by atoms with Gasteiger partial charge in [0.25, 0.3) is 0 Å². The number of hydrogen-bond acceptors (Lipinski definition) is 4. The third-order valence-electron chi connectivity index (χ3n) is 2.81. The van der Waals surface area contributed by atoms with Crippen molar-refractivity contribution in [2.45, 2.75) is 12.6 Å². The molecule has 0 saturated carbocycles. The summed E-state index contributed by atoms with van der Waals surface area (Å²) in [4.78, 5) is 12.0. The maximum Gasteiger partial charge on any atom is 0.243 e. The van der Waals surface area contributed by atoms with E-state index in [9.17, 15) is 4.79 Å². The highest BCUT2D eigenvalue weighted by atomic mass is 16.5. The molecule has 0 aromatic heterocycles. The van der Waals surface area contributed by atoms with E-state index in [0.717, 1.165) is 11.3 Å². The van der Waals surface area contributed by atoms with Gasteiger partial charge in [0.15, 0.2) is 0 Å². The Labute approximate surface area is 106 Å². The van der Waals surface area contributed by atoms with Crippen molar-refractivity contribution in [2.75, 3.05) is 32.2 Å². The summed E-state index contributed by atoms with van der Waals surface area (Å²) in [5.41, 5.74) is 1.75. The van der Waals surface area contributed by atoms with Crippen LogP contribution in [0.2, 0.25) is 0 Å². The summed E-state index contributed by atoms with van der Waals surface area (Å²) in [6.45, 7) is 2.26. The molecule has 1 aliphatic heterocycles. The molecular formula is C13H18N2O3. The lowest BCUT2D eigenvalue weighted by Crippen LogP contribution is -2.48. The van der Waals surface area contributed by atoms with Gasteiger partial charge >= 0.3 is 0 Å². The Balaban J connectivity index is 2.01. The minimum absolute atomic E-state index is 0.0711. The van der Waals surface area contributed by atoms with Gasteiger partial charge in [0.2, 0.25) is 5.91 Å². The molecule has 0 bridgehead atoms. The summed E-state index contributed by atoms with van der Waals surface area (Å²) in [6, 6.07) is 7.33. The van der Waals surface area contributed by atoms with Gasteiger partial charge in [-0.25, -0.2) is 0 Å². The van der Waals surface area contributed by atoms with Gasteiger partial charge in [-0.05, 0) is 6.07 Å². The third-order valence-corrected chi connectivity index (χ3v) is 2.81. The van der Waals surface area contributed by atoms with Crippen LogP contribution in [0.25, 0.3) is 0 Å². The Morgan fingerprint density at radius 3 is 3.11 bits per heavy atom. The molecule has 0 radical (unpaired) electrons. The van der Waals surface area contributed by atoms with E-state index in [2.05, 4.69) is 10.6 Å². The number of methoxy groups -OCH3 is 1. The van der Waals surface area contributed by atoms with Crippen molar-refractivity contribution >= 4 is 11.6 Å². The fraction of sp³-hybridized carbons (Fsp3) is 0.462. The number of nitrogens with one attached hydrogen (secondary N) is 2. The maximum atomic E-state index is 12.0. The number of anilines is 1. The van der Waals surface area contributed by atoms with Gasteiger partial charge in [0.1, 0.15) is 6.04 Å². The number of hydrogen-bond donors (Lipinski definition) is 2. The van der Waals surface area contributed by atoms with Crippen LogP contribution in [-0.2, 0) is 20.9 Å². The summed E-state index contributed by atoms with van der Waals surface area (Å²) in [5.74, 6) is -0.0711. The molecule has 1 heterocycles. The van der Waals surface area contributed by atoms with E-state index < -0.39 is 0 Å². The fourth-order valence-electron chi connectivity index (χ4n) is 1.88. The molecule has 18 heavy (non-hydrogen) atoms. The lowest BCUT2D eigenvalue weighted by molar-refractivity contribution is -0.120. The van der Waals surface area contributed by atoms with Gasteiger partial charge in [-0.3, -0.25) is 4.79 Å². The van der Waals surface area contributed by atoms with E-state index in [1.165, 1.54) is 0 Å². The molecular weight excluding hydrogens is 232 g/mol. The molecule has 2 N–H and O–H groups in total. The van der Waals surface area contributed by atoms with Crippen molar-refractivity contribution in [1.82, 2.24) is 5.32 Å². The molecule has 1 unspecified atom stereocenters. The Kier molecular flexibility index (Phi) is 4.69. The summed E-state index contributed by atoms with van der Waals surface area (Å²) in [6.07, 6.45) is 0. The molecule has 5 heteroatoms. The monoisotopic (exact) mass is 250 g/mol. The molecule has 0 spiro atoms. The predicted octanol–water partition coefficient (Wildman–Crippen LogP) is 0.760. The lowest BCUT2D eigenvalue weighted by Gasteiger charge is -2.23. The van der Waals surface area contributed by atoms with E-state index in [0.29, 0.717) is 26.4 Å². The molecule has 1 aromatic carbocycles. The molecule has 1 fully saturated rings. The van der Waals surface area contributed by atoms with Crippen molar-refractivity contribution in [3.63, 3.8) is 0 Å². The van der Waals surface area contributed by atoms with Crippen LogP contribution in [0.3, 0.4) is 0 Å². The van der Waals surface area contributed by atoms with Crippen molar-refractivity contribution in [3.8, 4) is 0 Å². The first-order chi connectivity index (χ1) is 8.81. The number of amides is 1. The first kappa shape index (κ1) is 13.0. The Hall–Kier alpha value is -1.43. The Bertz CT molecular complexity index is 403. The van der Waals surface area contributed by atoms with E-state index >= 15 is 0 Å². The second-order valence-corrected chi connectivity index (χ2v) is 4.16. The standard InChI is InChI=1S/C13H18N2O3/c1-17-8-10-4-2-3-5-11(10)15-13(16)12-9-18-7-6-14-12/h2-5,12,14H,6-9H2,1H3,(H,15,16). The zero-order valence-electron chi connectivity index (χ0n) is 10.4. The molecule has 1 saturated heterocycles. The highest BCUT2D eigenvalue weighted by Crippen LogP contribution is 2.16. The number of morpholine rings is 1. The quantitative estimate of drug-likeness (QED) is 0.828. The minimum Gasteiger partial charge on any atom is -0.380 e. The van der Waals surface area contributed by atoms with E-state index in [1.54, 1.807) is 7.11 Å². The van der Waals surface area contributed by atoms with Crippen LogP contribution in [0.5, 0.6) is 0 Å². The molecule has 98 valence electrons. The summed E-state index contributed by atoms with van der Waals surface area (Å²) >= 11 is 0. The van der Waals surface area contributed by atoms with Crippen molar-refractivity contribution in [1.29, 1.82) is 0 Å². The van der Waals surface area contributed by atoms with E-state index in [1.807, 2.05) is 24.3 Å². The molecule has 2 rings (SSSR count). The molecule has 1 aliphatic rings. The maximum absolute atomic E-state index is 12.0. The van der Waals surface area contributed by atoms with E-state index in [-0.39, 0.29) is 11.9 Å². The van der Waals surface area contributed by atoms with Gasteiger partial charge in [-0.2, -0.15) is 0 Å². The zero-order valence-corrected chi connectivity index (χ0v) is 10.4. The average Bonchev–Trinajstić information content (AvgIpc) is 2.42. The number of rotatable bonds is 4. The van der Waals surface area contributed by atoms with Crippen LogP contribution in [0.15, 0.2) is 24.3 Å². The van der Waals surface area contributed by atoms with Crippen LogP contribution in [0.1, 0.15) is 5.56 Å². The van der Waals surface area contributed by atoms with Gasteiger partial charge in [0, 0.05) is 24.9 Å². The largest absolute Gasteiger partial charge is 0.380 e. The van der Waals surface area contributed by atoms with Crippen molar-refractivity contribution < 1.29 is 14.3 Å². The topological polar surface area (TPSA) is 59.6 Å². The fourth-order valence-corrected chi connectivity index (χ4v) is 1.88. The first-order valence-corrected chi connectivity index (χ1v) is 6.00. The van der Waals surface area contributed by atoms with Crippen LogP contribution in [0, 0.1) is 0 Å². The van der Waals surface area contributed by atoms with E-state index in [4.69, 9.17) is 9.47 Å². The number of carbonyl (C=O) groups excluding carboxylic acids is 1. The molecule has 1 amide bonds. The van der Waals surface area contributed by atoms with Crippen LogP contribution in [0.4, 0.5) is 5.69 Å². The summed E-state index contributed by atoms with van der Waals surface area (Å²) in [7, 11) is 1.63. The van der Waals surface area contributed by atoms with Crippen LogP contribution in [-0.4, -0.2) is 38.8 Å². The normalized spacial score (nSPS) is 19.5. The van der Waals surface area contributed by atoms with Gasteiger partial charge < -0.3 is 20.1 Å². The lowest BCUT2D eigenvalue weighted by atomic mass is 10.1. The summed E-state index contributed by atoms with van der Waals surface area (Å²) in [5, 5.41) is 6.03. The predicted molar refractivity (Wildman–Crippen MR) is 68.4 cm³/mol. The van der Waals surface area contributed by atoms with Crippen LogP contribution < -0.4 is 10.6 Å². The first-order valence-electron chi connectivity index (χ1n) is 6.00.